The molecule has 2 aromatic carbocycles. The van der Waals surface area contributed by atoms with E-state index in [9.17, 15) is 14.7 Å². The van der Waals surface area contributed by atoms with Crippen molar-refractivity contribution in [1.29, 1.82) is 0 Å². The number of aliphatic hydroxyl groups is 1. The SMILES string of the molecule is COc1ccc(C2/C(=C(\O)c3cc(C(C)(C)C)ccc3OC)C(=O)C(=O)N2C2CCCC2)cc1OC. The van der Waals surface area contributed by atoms with Gasteiger partial charge in [0.15, 0.2) is 11.5 Å². The van der Waals surface area contributed by atoms with Gasteiger partial charge in [-0.2, -0.15) is 0 Å². The van der Waals surface area contributed by atoms with Gasteiger partial charge in [0.05, 0.1) is 38.5 Å². The van der Waals surface area contributed by atoms with Crippen molar-refractivity contribution in [2.24, 2.45) is 0 Å². The number of likely N-dealkylation sites (tertiary alicyclic amines) is 1. The first kappa shape index (κ1) is 25.6. The summed E-state index contributed by atoms with van der Waals surface area (Å²) in [6.45, 7) is 6.21. The van der Waals surface area contributed by atoms with E-state index >= 15 is 0 Å². The van der Waals surface area contributed by atoms with Crippen LogP contribution in [0.15, 0.2) is 42.0 Å². The molecule has 0 bridgehead atoms. The Morgan fingerprint density at radius 2 is 1.50 bits per heavy atom. The maximum absolute atomic E-state index is 13.5. The van der Waals surface area contributed by atoms with E-state index in [4.69, 9.17) is 14.2 Å². The molecule has 1 aliphatic carbocycles. The van der Waals surface area contributed by atoms with Crippen LogP contribution in [0.1, 0.15) is 69.2 Å². The Bertz CT molecular complexity index is 1200. The number of methoxy groups -OCH3 is 3. The first-order valence-electron chi connectivity index (χ1n) is 12.3. The highest BCUT2D eigenvalue weighted by Crippen LogP contribution is 2.46. The van der Waals surface area contributed by atoms with Gasteiger partial charge in [-0.3, -0.25) is 9.59 Å². The zero-order chi connectivity index (χ0) is 26.2. The molecule has 7 heteroatoms. The number of ether oxygens (including phenoxy) is 3. The van der Waals surface area contributed by atoms with Crippen LogP contribution >= 0.6 is 0 Å². The van der Waals surface area contributed by atoms with Crippen molar-refractivity contribution in [1.82, 2.24) is 4.90 Å². The Balaban J connectivity index is 1.96. The normalized spacial score (nSPS) is 20.2. The Hall–Kier alpha value is -3.48. The van der Waals surface area contributed by atoms with E-state index in [0.29, 0.717) is 28.4 Å². The van der Waals surface area contributed by atoms with E-state index in [0.717, 1.165) is 31.2 Å². The highest BCUT2D eigenvalue weighted by molar-refractivity contribution is 6.46. The molecule has 2 aliphatic rings. The van der Waals surface area contributed by atoms with Crippen LogP contribution < -0.4 is 14.2 Å². The minimum Gasteiger partial charge on any atom is -0.507 e. The fourth-order valence-corrected chi connectivity index (χ4v) is 5.26. The summed E-state index contributed by atoms with van der Waals surface area (Å²) >= 11 is 0. The number of aliphatic hydroxyl groups excluding tert-OH is 1. The zero-order valence-electron chi connectivity index (χ0n) is 21.9. The van der Waals surface area contributed by atoms with E-state index in [-0.39, 0.29) is 22.8 Å². The van der Waals surface area contributed by atoms with Gasteiger partial charge in [-0.25, -0.2) is 0 Å². The number of carbonyl (C=O) groups is 2. The largest absolute Gasteiger partial charge is 0.507 e. The quantitative estimate of drug-likeness (QED) is 0.331. The topological polar surface area (TPSA) is 85.3 Å². The molecule has 1 heterocycles. The van der Waals surface area contributed by atoms with E-state index in [2.05, 4.69) is 20.8 Å². The van der Waals surface area contributed by atoms with Gasteiger partial charge in [-0.05, 0) is 53.6 Å². The molecule has 0 aromatic heterocycles. The predicted octanol–water partition coefficient (Wildman–Crippen LogP) is 5.37. The molecule has 0 spiro atoms. The molecule has 7 nitrogen and oxygen atoms in total. The average Bonchev–Trinajstić information content (AvgIpc) is 3.48. The molecular formula is C29H35NO6. The first-order valence-corrected chi connectivity index (χ1v) is 12.3. The third-order valence-electron chi connectivity index (χ3n) is 7.24. The minimum atomic E-state index is -0.754. The number of hydrogen-bond acceptors (Lipinski definition) is 6. The molecule has 4 rings (SSSR count). The molecule has 0 radical (unpaired) electrons. The summed E-state index contributed by atoms with van der Waals surface area (Å²) in [6.07, 6.45) is 3.63. The molecule has 1 N–H and O–H groups in total. The van der Waals surface area contributed by atoms with E-state index in [1.165, 1.54) is 7.11 Å². The van der Waals surface area contributed by atoms with Crippen LogP contribution in [-0.2, 0) is 15.0 Å². The summed E-state index contributed by atoms with van der Waals surface area (Å²) in [6, 6.07) is 10.1. The third kappa shape index (κ3) is 4.43. The number of Topliss-reactive ketones (excluding diaryl/α,β-unsaturated/α-hetero) is 1. The van der Waals surface area contributed by atoms with Gasteiger partial charge in [0.2, 0.25) is 0 Å². The standard InChI is InChI=1S/C29H35NO6/c1-29(2,3)18-12-14-21(34-4)20(16-18)26(31)24-25(17-11-13-22(35-5)23(15-17)36-6)30(28(33)27(24)32)19-9-7-8-10-19/h11-16,19,25,31H,7-10H2,1-6H3/b26-24+. The van der Waals surface area contributed by atoms with E-state index < -0.39 is 17.7 Å². The molecule has 1 atom stereocenters. The monoisotopic (exact) mass is 493 g/mol. The Morgan fingerprint density at radius 1 is 0.889 bits per heavy atom. The lowest BCUT2D eigenvalue weighted by Crippen LogP contribution is -2.37. The summed E-state index contributed by atoms with van der Waals surface area (Å²) in [4.78, 5) is 28.6. The molecule has 2 aromatic rings. The lowest BCUT2D eigenvalue weighted by atomic mass is 9.85. The Labute approximate surface area is 212 Å². The van der Waals surface area contributed by atoms with Crippen molar-refractivity contribution in [3.8, 4) is 17.2 Å². The number of ketones is 1. The Kier molecular flexibility index (Phi) is 7.03. The van der Waals surface area contributed by atoms with E-state index in [1.807, 2.05) is 18.2 Å². The maximum atomic E-state index is 13.5. The van der Waals surface area contributed by atoms with Crippen LogP contribution in [0.2, 0.25) is 0 Å². The second-order valence-corrected chi connectivity index (χ2v) is 10.4. The number of amides is 1. The first-order chi connectivity index (χ1) is 17.1. The zero-order valence-corrected chi connectivity index (χ0v) is 21.9. The van der Waals surface area contributed by atoms with Gasteiger partial charge in [0.25, 0.3) is 11.7 Å². The summed E-state index contributed by atoms with van der Waals surface area (Å²) in [5.41, 5.74) is 1.90. The third-order valence-corrected chi connectivity index (χ3v) is 7.24. The summed E-state index contributed by atoms with van der Waals surface area (Å²) in [7, 11) is 4.61. The van der Waals surface area contributed by atoms with Crippen LogP contribution in [0.3, 0.4) is 0 Å². The molecule has 1 saturated carbocycles. The average molecular weight is 494 g/mol. The van der Waals surface area contributed by atoms with Gasteiger partial charge in [0.1, 0.15) is 11.5 Å². The number of carbonyl (C=O) groups excluding carboxylic acids is 2. The van der Waals surface area contributed by atoms with Gasteiger partial charge < -0.3 is 24.2 Å². The van der Waals surface area contributed by atoms with Crippen molar-refractivity contribution >= 4 is 17.4 Å². The van der Waals surface area contributed by atoms with Crippen LogP contribution in [0.5, 0.6) is 17.2 Å². The number of rotatable bonds is 6. The summed E-state index contributed by atoms with van der Waals surface area (Å²) in [5.74, 6) is -0.0651. The van der Waals surface area contributed by atoms with Gasteiger partial charge in [-0.15, -0.1) is 0 Å². The molecule has 1 aliphatic heterocycles. The summed E-state index contributed by atoms with van der Waals surface area (Å²) < 4.78 is 16.4. The van der Waals surface area contributed by atoms with Gasteiger partial charge in [-0.1, -0.05) is 45.7 Å². The van der Waals surface area contributed by atoms with Gasteiger partial charge >= 0.3 is 0 Å². The molecular weight excluding hydrogens is 458 g/mol. The summed E-state index contributed by atoms with van der Waals surface area (Å²) in [5, 5.41) is 11.7. The number of benzene rings is 2. The molecule has 192 valence electrons. The number of nitrogens with zero attached hydrogens (tertiary/aromatic N) is 1. The van der Waals surface area contributed by atoms with Crippen LogP contribution in [0, 0.1) is 0 Å². The van der Waals surface area contributed by atoms with Crippen LogP contribution in [0.25, 0.3) is 5.76 Å². The van der Waals surface area contributed by atoms with Crippen molar-refractivity contribution < 1.29 is 28.9 Å². The predicted molar refractivity (Wildman–Crippen MR) is 138 cm³/mol. The minimum absolute atomic E-state index is 0.0588. The van der Waals surface area contributed by atoms with E-state index in [1.54, 1.807) is 37.3 Å². The van der Waals surface area contributed by atoms with Crippen LogP contribution in [-0.4, -0.2) is 49.1 Å². The van der Waals surface area contributed by atoms with Crippen molar-refractivity contribution in [2.75, 3.05) is 21.3 Å². The number of hydrogen-bond donors (Lipinski definition) is 1. The molecule has 1 saturated heterocycles. The van der Waals surface area contributed by atoms with Crippen molar-refractivity contribution in [3.63, 3.8) is 0 Å². The second kappa shape index (κ2) is 9.88. The maximum Gasteiger partial charge on any atom is 0.295 e. The Morgan fingerprint density at radius 3 is 2.08 bits per heavy atom. The molecule has 1 amide bonds. The smallest absolute Gasteiger partial charge is 0.295 e. The molecule has 36 heavy (non-hydrogen) atoms. The lowest BCUT2D eigenvalue weighted by molar-refractivity contribution is -0.141. The van der Waals surface area contributed by atoms with Crippen molar-refractivity contribution in [2.45, 2.75) is 64.0 Å². The highest BCUT2D eigenvalue weighted by Gasteiger charge is 2.49. The fraction of sp³-hybridized carbons (Fsp3) is 0.448. The lowest BCUT2D eigenvalue weighted by Gasteiger charge is -2.31. The van der Waals surface area contributed by atoms with Crippen molar-refractivity contribution in [3.05, 3.63) is 58.7 Å². The highest BCUT2D eigenvalue weighted by atomic mass is 16.5. The molecule has 2 fully saturated rings. The molecule has 1 unspecified atom stereocenters. The second-order valence-electron chi connectivity index (χ2n) is 10.4. The van der Waals surface area contributed by atoms with Gasteiger partial charge in [0, 0.05) is 6.04 Å². The fourth-order valence-electron chi connectivity index (χ4n) is 5.26. The van der Waals surface area contributed by atoms with Crippen LogP contribution in [0.4, 0.5) is 0 Å².